The van der Waals surface area contributed by atoms with Gasteiger partial charge in [0.1, 0.15) is 0 Å². The van der Waals surface area contributed by atoms with Gasteiger partial charge >= 0.3 is 0 Å². The maximum Gasteiger partial charge on any atom is 0.236 e. The molecule has 5 nitrogen and oxygen atoms in total. The number of nitrogens with one attached hydrogen (secondary N) is 1. The van der Waals surface area contributed by atoms with Crippen molar-refractivity contribution in [2.75, 3.05) is 29.9 Å². The largest absolute Gasteiger partial charge is 0.341 e. The maximum atomic E-state index is 12.4. The van der Waals surface area contributed by atoms with E-state index in [0.29, 0.717) is 22.7 Å². The van der Waals surface area contributed by atoms with Crippen molar-refractivity contribution >= 4 is 40.0 Å². The molecule has 0 bridgehead atoms. The first-order valence-corrected chi connectivity index (χ1v) is 12.0. The van der Waals surface area contributed by atoms with Crippen LogP contribution in [0.5, 0.6) is 0 Å². The van der Waals surface area contributed by atoms with Crippen molar-refractivity contribution in [1.29, 1.82) is 0 Å². The molecule has 0 aliphatic carbocycles. The molecule has 0 unspecified atom stereocenters. The predicted octanol–water partition coefficient (Wildman–Crippen LogP) is 4.60. The van der Waals surface area contributed by atoms with Crippen LogP contribution in [-0.2, 0) is 9.59 Å². The molecule has 1 N–H and O–H groups in total. The molecule has 2 amide bonds. The van der Waals surface area contributed by atoms with E-state index in [4.69, 9.17) is 0 Å². The van der Waals surface area contributed by atoms with Crippen molar-refractivity contribution in [2.24, 2.45) is 11.8 Å². The molecular weight excluding hydrogens is 402 g/mol. The van der Waals surface area contributed by atoms with Gasteiger partial charge in [0.15, 0.2) is 5.13 Å². The molecule has 1 saturated heterocycles. The molecule has 0 saturated carbocycles. The van der Waals surface area contributed by atoms with Crippen molar-refractivity contribution in [1.82, 2.24) is 9.88 Å². The number of nitrogens with zero attached hydrogens (tertiary/aromatic N) is 2. The number of thiazole rings is 1. The second-order valence-electron chi connectivity index (χ2n) is 8.12. The summed E-state index contributed by atoms with van der Waals surface area (Å²) >= 11 is 2.78. The number of aromatic nitrogens is 1. The van der Waals surface area contributed by atoms with Crippen LogP contribution in [0, 0.1) is 25.7 Å². The average molecular weight is 432 g/mol. The molecule has 1 aromatic heterocycles. The number of carbonyl (C=O) groups is 2. The molecule has 3 rings (SSSR count). The molecule has 2 heterocycles. The third-order valence-corrected chi connectivity index (χ3v) is 6.91. The molecule has 7 heteroatoms. The molecule has 0 radical (unpaired) electrons. The number of likely N-dealkylation sites (tertiary alicyclic amines) is 1. The van der Waals surface area contributed by atoms with Crippen LogP contribution in [0.2, 0.25) is 0 Å². The van der Waals surface area contributed by atoms with Gasteiger partial charge < -0.3 is 10.2 Å². The summed E-state index contributed by atoms with van der Waals surface area (Å²) in [6.45, 7) is 10.2. The highest BCUT2D eigenvalue weighted by molar-refractivity contribution is 8.00. The van der Waals surface area contributed by atoms with Gasteiger partial charge in [0.2, 0.25) is 11.8 Å². The number of benzene rings is 1. The Balaban J connectivity index is 1.46. The number of piperidine rings is 1. The van der Waals surface area contributed by atoms with Crippen LogP contribution in [0.1, 0.15) is 31.4 Å². The summed E-state index contributed by atoms with van der Waals surface area (Å²) in [6, 6.07) is 6.24. The van der Waals surface area contributed by atoms with Crippen molar-refractivity contribution < 1.29 is 9.59 Å². The monoisotopic (exact) mass is 431 g/mol. The predicted molar refractivity (Wildman–Crippen MR) is 123 cm³/mol. The minimum atomic E-state index is -0.121. The van der Waals surface area contributed by atoms with Crippen molar-refractivity contribution in [3.63, 3.8) is 0 Å². The molecular formula is C22H29N3O2S2. The number of carbonyl (C=O) groups excluding carboxylic acids is 2. The Labute approximate surface area is 181 Å². The Bertz CT molecular complexity index is 871. The number of thioether (sulfide) groups is 1. The van der Waals surface area contributed by atoms with E-state index in [9.17, 15) is 9.59 Å². The fourth-order valence-corrected chi connectivity index (χ4v) is 5.16. The van der Waals surface area contributed by atoms with Gasteiger partial charge in [-0.1, -0.05) is 26.0 Å². The van der Waals surface area contributed by atoms with Gasteiger partial charge in [-0.05, 0) is 49.3 Å². The Hall–Kier alpha value is -1.86. The van der Waals surface area contributed by atoms with E-state index in [0.717, 1.165) is 24.3 Å². The van der Waals surface area contributed by atoms with E-state index in [1.54, 1.807) is 0 Å². The van der Waals surface area contributed by atoms with Gasteiger partial charge in [0.05, 0.1) is 17.2 Å². The normalized spacial score (nSPS) is 19.2. The quantitative estimate of drug-likeness (QED) is 0.726. The SMILES string of the molecule is Cc1ccc(-c2csc(NC(=O)CSCC(=O)N3C[C@H](C)C[C@H](C)C3)n2)cc1C. The molecule has 1 aliphatic heterocycles. The molecule has 2 atom stereocenters. The standard InChI is InChI=1S/C22H29N3O2S2/c1-14-7-15(2)10-25(9-14)21(27)13-28-12-20(26)24-22-23-19(11-29-22)18-6-5-16(3)17(4)8-18/h5-6,8,11,14-15H,7,9-10,12-13H2,1-4H3,(H,23,24,26)/t14-,15+. The summed E-state index contributed by atoms with van der Waals surface area (Å²) in [4.78, 5) is 31.1. The van der Waals surface area contributed by atoms with Gasteiger partial charge in [0, 0.05) is 24.0 Å². The zero-order chi connectivity index (χ0) is 21.0. The summed E-state index contributed by atoms with van der Waals surface area (Å²) in [5, 5.41) is 5.39. The van der Waals surface area contributed by atoms with E-state index in [-0.39, 0.29) is 17.6 Å². The Morgan fingerprint density at radius 1 is 1.17 bits per heavy atom. The van der Waals surface area contributed by atoms with Crippen LogP contribution in [0.4, 0.5) is 5.13 Å². The van der Waals surface area contributed by atoms with Crippen LogP contribution in [-0.4, -0.2) is 46.3 Å². The number of hydrogen-bond donors (Lipinski definition) is 1. The Kier molecular flexibility index (Phi) is 7.35. The van der Waals surface area contributed by atoms with Gasteiger partial charge in [0.25, 0.3) is 0 Å². The topological polar surface area (TPSA) is 62.3 Å². The van der Waals surface area contributed by atoms with Gasteiger partial charge in [-0.2, -0.15) is 0 Å². The molecule has 29 heavy (non-hydrogen) atoms. The fourth-order valence-electron chi connectivity index (χ4n) is 3.71. The maximum absolute atomic E-state index is 12.4. The average Bonchev–Trinajstić information content (AvgIpc) is 3.11. The summed E-state index contributed by atoms with van der Waals surface area (Å²) in [5.41, 5.74) is 4.39. The number of hydrogen-bond acceptors (Lipinski definition) is 5. The van der Waals surface area contributed by atoms with E-state index in [1.807, 2.05) is 16.3 Å². The van der Waals surface area contributed by atoms with Crippen LogP contribution >= 0.6 is 23.1 Å². The Morgan fingerprint density at radius 3 is 2.59 bits per heavy atom. The first-order valence-electron chi connectivity index (χ1n) is 10.0. The first kappa shape index (κ1) is 21.8. The minimum Gasteiger partial charge on any atom is -0.341 e. The van der Waals surface area contributed by atoms with Gasteiger partial charge in [-0.25, -0.2) is 4.98 Å². The molecule has 1 aliphatic rings. The molecule has 0 spiro atoms. The molecule has 2 aromatic rings. The highest BCUT2D eigenvalue weighted by Gasteiger charge is 2.25. The third-order valence-electron chi connectivity index (χ3n) is 5.23. The third kappa shape index (κ3) is 6.06. The molecule has 1 aromatic carbocycles. The second-order valence-corrected chi connectivity index (χ2v) is 9.97. The number of amides is 2. The molecule has 156 valence electrons. The van der Waals surface area contributed by atoms with Crippen LogP contribution in [0.25, 0.3) is 11.3 Å². The van der Waals surface area contributed by atoms with Crippen LogP contribution < -0.4 is 5.32 Å². The lowest BCUT2D eigenvalue weighted by atomic mass is 9.92. The van der Waals surface area contributed by atoms with Gasteiger partial charge in [-0.15, -0.1) is 23.1 Å². The lowest BCUT2D eigenvalue weighted by Crippen LogP contribution is -2.43. The number of anilines is 1. The summed E-state index contributed by atoms with van der Waals surface area (Å²) in [7, 11) is 0. The zero-order valence-corrected chi connectivity index (χ0v) is 19.2. The van der Waals surface area contributed by atoms with Crippen molar-refractivity contribution in [2.45, 2.75) is 34.1 Å². The van der Waals surface area contributed by atoms with Crippen LogP contribution in [0.3, 0.4) is 0 Å². The van der Waals surface area contributed by atoms with Crippen molar-refractivity contribution in [3.8, 4) is 11.3 Å². The Morgan fingerprint density at radius 2 is 1.90 bits per heavy atom. The van der Waals surface area contributed by atoms with E-state index >= 15 is 0 Å². The first-order chi connectivity index (χ1) is 13.8. The van der Waals surface area contributed by atoms with Crippen LogP contribution in [0.15, 0.2) is 23.6 Å². The fraction of sp³-hybridized carbons (Fsp3) is 0.500. The lowest BCUT2D eigenvalue weighted by Gasteiger charge is -2.35. The minimum absolute atomic E-state index is 0.121. The zero-order valence-electron chi connectivity index (χ0n) is 17.5. The van der Waals surface area contributed by atoms with E-state index in [1.165, 1.54) is 40.6 Å². The number of rotatable bonds is 6. The lowest BCUT2D eigenvalue weighted by molar-refractivity contribution is -0.130. The van der Waals surface area contributed by atoms with Gasteiger partial charge in [-0.3, -0.25) is 9.59 Å². The number of aryl methyl sites for hydroxylation is 2. The second kappa shape index (κ2) is 9.76. The van der Waals surface area contributed by atoms with Crippen molar-refractivity contribution in [3.05, 3.63) is 34.7 Å². The highest BCUT2D eigenvalue weighted by atomic mass is 32.2. The summed E-state index contributed by atoms with van der Waals surface area (Å²) in [6.07, 6.45) is 1.18. The van der Waals surface area contributed by atoms with E-state index in [2.05, 4.69) is 50.1 Å². The molecule has 1 fully saturated rings. The smallest absolute Gasteiger partial charge is 0.236 e. The van der Waals surface area contributed by atoms with E-state index < -0.39 is 0 Å². The summed E-state index contributed by atoms with van der Waals surface area (Å²) < 4.78 is 0. The summed E-state index contributed by atoms with van der Waals surface area (Å²) in [5.74, 6) is 1.71. The highest BCUT2D eigenvalue weighted by Crippen LogP contribution is 2.26.